The minimum Gasteiger partial charge on any atom is -0.383 e. The van der Waals surface area contributed by atoms with E-state index < -0.39 is 0 Å². The van der Waals surface area contributed by atoms with Crippen molar-refractivity contribution in [2.75, 3.05) is 26.0 Å². The van der Waals surface area contributed by atoms with E-state index in [1.54, 1.807) is 18.9 Å². The van der Waals surface area contributed by atoms with Crippen molar-refractivity contribution in [3.8, 4) is 0 Å². The minimum atomic E-state index is 0.404. The van der Waals surface area contributed by atoms with Gasteiger partial charge >= 0.3 is 0 Å². The zero-order valence-electron chi connectivity index (χ0n) is 11.9. The van der Waals surface area contributed by atoms with Gasteiger partial charge in [-0.3, -0.25) is 0 Å². The Morgan fingerprint density at radius 3 is 3.11 bits per heavy atom. The lowest BCUT2D eigenvalue weighted by molar-refractivity contribution is 0.173. The Kier molecular flexibility index (Phi) is 6.13. The fourth-order valence-corrected chi connectivity index (χ4v) is 3.18. The predicted octanol–water partition coefficient (Wildman–Crippen LogP) is 1.72. The van der Waals surface area contributed by atoms with E-state index in [-0.39, 0.29) is 0 Å². The molecule has 5 nitrogen and oxygen atoms in total. The van der Waals surface area contributed by atoms with Crippen LogP contribution in [-0.4, -0.2) is 46.8 Å². The molecule has 1 aliphatic heterocycles. The largest absolute Gasteiger partial charge is 0.383 e. The van der Waals surface area contributed by atoms with E-state index in [0.717, 1.165) is 37.0 Å². The summed E-state index contributed by atoms with van der Waals surface area (Å²) >= 11 is 1.80. The van der Waals surface area contributed by atoms with Crippen molar-refractivity contribution in [2.24, 2.45) is 0 Å². The molecule has 1 aromatic heterocycles. The fourth-order valence-electron chi connectivity index (χ4n) is 2.32. The Balaban J connectivity index is 1.75. The van der Waals surface area contributed by atoms with Crippen LogP contribution in [0.3, 0.4) is 0 Å². The summed E-state index contributed by atoms with van der Waals surface area (Å²) in [7, 11) is 1.73. The number of aromatic nitrogens is 3. The molecule has 0 aliphatic carbocycles. The molecular formula is C13H24N4OS. The Hall–Kier alpha value is -0.590. The normalized spacial score (nSPS) is 16.9. The number of hydrogen-bond acceptors (Lipinski definition) is 5. The number of fused-ring (bicyclic) bond motifs is 1. The van der Waals surface area contributed by atoms with E-state index in [0.29, 0.717) is 6.04 Å². The van der Waals surface area contributed by atoms with Gasteiger partial charge in [-0.1, -0.05) is 18.2 Å². The Labute approximate surface area is 119 Å². The maximum Gasteiger partial charge on any atom is 0.191 e. The second kappa shape index (κ2) is 7.87. The van der Waals surface area contributed by atoms with Crippen LogP contribution in [-0.2, 0) is 17.7 Å². The minimum absolute atomic E-state index is 0.404. The van der Waals surface area contributed by atoms with Gasteiger partial charge in [-0.15, -0.1) is 10.2 Å². The molecule has 0 radical (unpaired) electrons. The average Bonchev–Trinajstić information content (AvgIpc) is 2.63. The second-order valence-corrected chi connectivity index (χ2v) is 6.08. The quantitative estimate of drug-likeness (QED) is 0.610. The average molecular weight is 284 g/mol. The van der Waals surface area contributed by atoms with E-state index >= 15 is 0 Å². The van der Waals surface area contributed by atoms with Crippen LogP contribution < -0.4 is 5.32 Å². The predicted molar refractivity (Wildman–Crippen MR) is 77.6 cm³/mol. The van der Waals surface area contributed by atoms with Crippen LogP contribution in [0, 0.1) is 0 Å². The van der Waals surface area contributed by atoms with Crippen molar-refractivity contribution in [1.82, 2.24) is 20.1 Å². The van der Waals surface area contributed by atoms with Crippen molar-refractivity contribution in [3.05, 3.63) is 5.82 Å². The van der Waals surface area contributed by atoms with Gasteiger partial charge in [0, 0.05) is 38.4 Å². The van der Waals surface area contributed by atoms with Crippen LogP contribution in [0.15, 0.2) is 5.16 Å². The highest BCUT2D eigenvalue weighted by molar-refractivity contribution is 7.99. The lowest BCUT2D eigenvalue weighted by Crippen LogP contribution is -2.31. The molecule has 1 atom stereocenters. The summed E-state index contributed by atoms with van der Waals surface area (Å²) in [6.07, 6.45) is 4.89. The van der Waals surface area contributed by atoms with Crippen molar-refractivity contribution in [2.45, 2.75) is 50.4 Å². The van der Waals surface area contributed by atoms with E-state index in [1.165, 1.54) is 25.1 Å². The second-order valence-electron chi connectivity index (χ2n) is 5.02. The summed E-state index contributed by atoms with van der Waals surface area (Å²) in [4.78, 5) is 0. The van der Waals surface area contributed by atoms with Gasteiger partial charge in [0.15, 0.2) is 5.16 Å². The third-order valence-corrected chi connectivity index (χ3v) is 4.29. The molecule has 0 saturated heterocycles. The van der Waals surface area contributed by atoms with E-state index in [1.807, 2.05) is 0 Å². The van der Waals surface area contributed by atoms with Gasteiger partial charge in [0.2, 0.25) is 0 Å². The fraction of sp³-hybridized carbons (Fsp3) is 0.846. The van der Waals surface area contributed by atoms with Crippen LogP contribution in [0.2, 0.25) is 0 Å². The standard InChI is InChI=1S/C13H24N4OS/c1-11(10-18-2)14-7-9-19-13-16-15-12-6-4-3-5-8-17(12)13/h11,14H,3-10H2,1-2H3. The Morgan fingerprint density at radius 2 is 2.26 bits per heavy atom. The molecule has 1 aliphatic rings. The summed E-state index contributed by atoms with van der Waals surface area (Å²) < 4.78 is 7.40. The third kappa shape index (κ3) is 4.47. The molecule has 2 heterocycles. The molecule has 1 aromatic rings. The first kappa shape index (κ1) is 14.8. The highest BCUT2D eigenvalue weighted by Crippen LogP contribution is 2.21. The highest BCUT2D eigenvalue weighted by atomic mass is 32.2. The monoisotopic (exact) mass is 284 g/mol. The first-order valence-corrected chi connectivity index (χ1v) is 8.07. The summed E-state index contributed by atoms with van der Waals surface area (Å²) in [6.45, 7) is 4.94. The third-order valence-electron chi connectivity index (χ3n) is 3.32. The molecule has 6 heteroatoms. The number of rotatable bonds is 7. The van der Waals surface area contributed by atoms with Crippen LogP contribution in [0.5, 0.6) is 0 Å². The van der Waals surface area contributed by atoms with Crippen LogP contribution in [0.1, 0.15) is 32.0 Å². The van der Waals surface area contributed by atoms with Gasteiger partial charge in [0.1, 0.15) is 5.82 Å². The molecule has 108 valence electrons. The number of methoxy groups -OCH3 is 1. The zero-order chi connectivity index (χ0) is 13.5. The van der Waals surface area contributed by atoms with Crippen molar-refractivity contribution in [1.29, 1.82) is 0 Å². The number of hydrogen-bond donors (Lipinski definition) is 1. The number of nitrogens with one attached hydrogen (secondary N) is 1. The number of nitrogens with zero attached hydrogens (tertiary/aromatic N) is 3. The molecule has 0 bridgehead atoms. The van der Waals surface area contributed by atoms with Crippen LogP contribution in [0.4, 0.5) is 0 Å². The molecule has 2 rings (SSSR count). The Bertz CT molecular complexity index is 383. The summed E-state index contributed by atoms with van der Waals surface area (Å²) in [5, 5.41) is 13.1. The van der Waals surface area contributed by atoms with Crippen LogP contribution in [0.25, 0.3) is 0 Å². The lowest BCUT2D eigenvalue weighted by Gasteiger charge is -2.12. The molecule has 0 aromatic carbocycles. The Morgan fingerprint density at radius 1 is 1.37 bits per heavy atom. The number of ether oxygens (including phenoxy) is 1. The summed E-state index contributed by atoms with van der Waals surface area (Å²) in [5.74, 6) is 2.19. The molecule has 1 unspecified atom stereocenters. The van der Waals surface area contributed by atoms with E-state index in [4.69, 9.17) is 4.74 Å². The van der Waals surface area contributed by atoms with Gasteiger partial charge in [-0.25, -0.2) is 0 Å². The maximum absolute atomic E-state index is 5.10. The molecule has 0 spiro atoms. The van der Waals surface area contributed by atoms with Crippen molar-refractivity contribution in [3.63, 3.8) is 0 Å². The number of thioether (sulfide) groups is 1. The molecule has 0 saturated carbocycles. The maximum atomic E-state index is 5.10. The molecule has 0 amide bonds. The zero-order valence-corrected chi connectivity index (χ0v) is 12.7. The van der Waals surface area contributed by atoms with Crippen molar-refractivity contribution < 1.29 is 4.74 Å². The first-order chi connectivity index (χ1) is 9.31. The molecule has 19 heavy (non-hydrogen) atoms. The first-order valence-electron chi connectivity index (χ1n) is 7.08. The lowest BCUT2D eigenvalue weighted by atomic mass is 10.2. The van der Waals surface area contributed by atoms with Crippen molar-refractivity contribution >= 4 is 11.8 Å². The smallest absolute Gasteiger partial charge is 0.191 e. The van der Waals surface area contributed by atoms with Crippen LogP contribution >= 0.6 is 11.8 Å². The molecule has 1 N–H and O–H groups in total. The summed E-state index contributed by atoms with van der Waals surface area (Å²) in [5.41, 5.74) is 0. The SMILES string of the molecule is COCC(C)NCCSc1nnc2n1CCCCC2. The van der Waals surface area contributed by atoms with E-state index in [9.17, 15) is 0 Å². The highest BCUT2D eigenvalue weighted by Gasteiger charge is 2.14. The number of aryl methyl sites for hydroxylation is 1. The van der Waals surface area contributed by atoms with Gasteiger partial charge in [0.05, 0.1) is 6.61 Å². The molecular weight excluding hydrogens is 260 g/mol. The topological polar surface area (TPSA) is 52.0 Å². The van der Waals surface area contributed by atoms with Gasteiger partial charge in [0.25, 0.3) is 0 Å². The van der Waals surface area contributed by atoms with Gasteiger partial charge < -0.3 is 14.6 Å². The van der Waals surface area contributed by atoms with Gasteiger partial charge in [-0.2, -0.15) is 0 Å². The summed E-state index contributed by atoms with van der Waals surface area (Å²) in [6, 6.07) is 0.404. The van der Waals surface area contributed by atoms with Gasteiger partial charge in [-0.05, 0) is 19.8 Å². The van der Waals surface area contributed by atoms with E-state index in [2.05, 4.69) is 27.0 Å². The molecule has 0 fully saturated rings.